The molecule has 2 amide bonds. The number of anilines is 1. The zero-order valence-corrected chi connectivity index (χ0v) is 20.8. The zero-order valence-electron chi connectivity index (χ0n) is 19.2. The Labute approximate surface area is 213 Å². The fourth-order valence-electron chi connectivity index (χ4n) is 4.49. The van der Waals surface area contributed by atoms with Gasteiger partial charge < -0.3 is 19.5 Å². The lowest BCUT2D eigenvalue weighted by Crippen LogP contribution is -2.34. The summed E-state index contributed by atoms with van der Waals surface area (Å²) in [5.41, 5.74) is 2.86. The van der Waals surface area contributed by atoms with E-state index in [1.807, 2.05) is 41.1 Å². The van der Waals surface area contributed by atoms with Gasteiger partial charge in [0, 0.05) is 47.9 Å². The highest BCUT2D eigenvalue weighted by molar-refractivity contribution is 7.80. The topological polar surface area (TPSA) is 66.8 Å². The molecule has 0 radical (unpaired) electrons. The maximum Gasteiger partial charge on any atom is 0.281 e. The van der Waals surface area contributed by atoms with Crippen molar-refractivity contribution in [2.75, 3.05) is 25.1 Å². The molecule has 1 aromatic heterocycles. The molecule has 1 unspecified atom stereocenters. The molecule has 180 valence electrons. The molecular weight excluding hydrogens is 484 g/mol. The van der Waals surface area contributed by atoms with Crippen LogP contribution < -0.4 is 10.2 Å². The molecule has 0 spiro atoms. The molecule has 2 aliphatic rings. The molecule has 5 rings (SSSR count). The number of hydrogen-bond acceptors (Lipinski definition) is 4. The van der Waals surface area contributed by atoms with Crippen LogP contribution in [0.5, 0.6) is 0 Å². The van der Waals surface area contributed by atoms with E-state index < -0.39 is 0 Å². The van der Waals surface area contributed by atoms with Crippen molar-refractivity contribution < 1.29 is 14.3 Å². The zero-order chi connectivity index (χ0) is 24.5. The summed E-state index contributed by atoms with van der Waals surface area (Å²) in [6.07, 6.45) is 5.83. The van der Waals surface area contributed by atoms with Crippen LogP contribution in [0.1, 0.15) is 18.4 Å². The molecule has 1 atom stereocenters. The Balaban J connectivity index is 1.42. The van der Waals surface area contributed by atoms with Crippen LogP contribution in [0.25, 0.3) is 17.0 Å². The molecule has 0 saturated carbocycles. The number of thiocarbonyl (C=S) groups is 1. The Bertz CT molecular complexity index is 1330. The van der Waals surface area contributed by atoms with Gasteiger partial charge in [-0.1, -0.05) is 29.8 Å². The Morgan fingerprint density at radius 2 is 2.00 bits per heavy atom. The summed E-state index contributed by atoms with van der Waals surface area (Å²) < 4.78 is 7.49. The Hall–Kier alpha value is -3.20. The number of nitrogens with one attached hydrogen (secondary N) is 1. The molecule has 2 fully saturated rings. The molecule has 9 heteroatoms. The Morgan fingerprint density at radius 3 is 2.74 bits per heavy atom. The van der Waals surface area contributed by atoms with Gasteiger partial charge in [-0.3, -0.25) is 14.5 Å². The van der Waals surface area contributed by atoms with E-state index in [-0.39, 0.29) is 24.5 Å². The highest BCUT2D eigenvalue weighted by Gasteiger charge is 2.37. The molecule has 0 bridgehead atoms. The van der Waals surface area contributed by atoms with Gasteiger partial charge in [0.1, 0.15) is 12.2 Å². The van der Waals surface area contributed by atoms with Crippen molar-refractivity contribution in [3.8, 4) is 0 Å². The van der Waals surface area contributed by atoms with E-state index in [9.17, 15) is 9.59 Å². The van der Waals surface area contributed by atoms with Crippen LogP contribution in [0.2, 0.25) is 5.02 Å². The second-order valence-corrected chi connectivity index (χ2v) is 9.46. The number of aromatic nitrogens is 1. The van der Waals surface area contributed by atoms with Crippen molar-refractivity contribution in [3.05, 3.63) is 71.0 Å². The van der Waals surface area contributed by atoms with E-state index in [4.69, 9.17) is 28.6 Å². The van der Waals surface area contributed by atoms with Crippen LogP contribution in [0.15, 0.2) is 60.4 Å². The van der Waals surface area contributed by atoms with Gasteiger partial charge in [-0.2, -0.15) is 0 Å². The number of nitrogens with zero attached hydrogens (tertiary/aromatic N) is 3. The van der Waals surface area contributed by atoms with E-state index in [2.05, 4.69) is 5.32 Å². The van der Waals surface area contributed by atoms with Gasteiger partial charge in [-0.25, -0.2) is 0 Å². The molecule has 1 N–H and O–H groups in total. The monoisotopic (exact) mass is 508 g/mol. The lowest BCUT2D eigenvalue weighted by Gasteiger charge is -2.16. The van der Waals surface area contributed by atoms with Crippen LogP contribution in [0.3, 0.4) is 0 Å². The normalized spacial score (nSPS) is 19.4. The van der Waals surface area contributed by atoms with E-state index in [1.165, 1.54) is 4.90 Å². The highest BCUT2D eigenvalue weighted by Crippen LogP contribution is 2.31. The van der Waals surface area contributed by atoms with E-state index in [1.54, 1.807) is 36.2 Å². The first kappa shape index (κ1) is 23.5. The summed E-state index contributed by atoms with van der Waals surface area (Å²) >= 11 is 11.6. The lowest BCUT2D eigenvalue weighted by atomic mass is 10.1. The van der Waals surface area contributed by atoms with Crippen molar-refractivity contribution in [2.24, 2.45) is 0 Å². The largest absolute Gasteiger partial charge is 0.376 e. The van der Waals surface area contributed by atoms with Crippen LogP contribution in [0, 0.1) is 0 Å². The van der Waals surface area contributed by atoms with Crippen LogP contribution in [0.4, 0.5) is 5.69 Å². The van der Waals surface area contributed by atoms with Crippen molar-refractivity contribution in [1.29, 1.82) is 0 Å². The minimum atomic E-state index is -0.217. The second kappa shape index (κ2) is 9.81. The standard InChI is InChI=1S/C26H25ClN4O3S/c1-29-23(25(33)31(26(29)35)19-10-8-18(27)9-11-19)13-17-15-30(22-7-3-2-6-21(17)22)16-24(32)28-14-20-5-4-12-34-20/h2-3,6-11,13,15,20H,4-5,12,14,16H2,1H3,(H,28,32)/b23-13-. The van der Waals surface area contributed by atoms with Crippen molar-refractivity contribution in [2.45, 2.75) is 25.5 Å². The molecule has 7 nitrogen and oxygen atoms in total. The summed E-state index contributed by atoms with van der Waals surface area (Å²) in [5, 5.41) is 4.90. The molecule has 2 aromatic carbocycles. The number of ether oxygens (including phenoxy) is 1. The lowest BCUT2D eigenvalue weighted by molar-refractivity contribution is -0.122. The molecule has 3 heterocycles. The number of amides is 2. The minimum Gasteiger partial charge on any atom is -0.376 e. The van der Waals surface area contributed by atoms with Gasteiger partial charge in [-0.05, 0) is 61.5 Å². The fraction of sp³-hybridized carbons (Fsp3) is 0.269. The summed E-state index contributed by atoms with van der Waals surface area (Å²) in [7, 11) is 1.78. The molecule has 2 saturated heterocycles. The van der Waals surface area contributed by atoms with E-state index in [0.717, 1.165) is 35.9 Å². The smallest absolute Gasteiger partial charge is 0.281 e. The van der Waals surface area contributed by atoms with Crippen molar-refractivity contribution in [1.82, 2.24) is 14.8 Å². The highest BCUT2D eigenvalue weighted by atomic mass is 35.5. The van der Waals surface area contributed by atoms with Gasteiger partial charge in [0.25, 0.3) is 5.91 Å². The summed E-state index contributed by atoms with van der Waals surface area (Å²) in [6.45, 7) is 1.45. The van der Waals surface area contributed by atoms with Crippen LogP contribution >= 0.6 is 23.8 Å². The van der Waals surface area contributed by atoms with Gasteiger partial charge in [0.15, 0.2) is 5.11 Å². The van der Waals surface area contributed by atoms with Gasteiger partial charge in [-0.15, -0.1) is 0 Å². The average molecular weight is 509 g/mol. The number of likely N-dealkylation sites (N-methyl/N-ethyl adjacent to an activating group) is 1. The summed E-state index contributed by atoms with van der Waals surface area (Å²) in [4.78, 5) is 29.2. The number of carbonyl (C=O) groups is 2. The molecule has 0 aliphatic carbocycles. The number of carbonyl (C=O) groups excluding carboxylic acids is 2. The summed E-state index contributed by atoms with van der Waals surface area (Å²) in [5.74, 6) is -0.296. The minimum absolute atomic E-state index is 0.0791. The molecule has 3 aromatic rings. The number of para-hydroxylation sites is 1. The van der Waals surface area contributed by atoms with Gasteiger partial charge in [0.05, 0.1) is 11.8 Å². The first-order valence-corrected chi connectivity index (χ1v) is 12.3. The first-order valence-electron chi connectivity index (χ1n) is 11.5. The first-order chi connectivity index (χ1) is 16.9. The Morgan fingerprint density at radius 1 is 1.23 bits per heavy atom. The third-order valence-corrected chi connectivity index (χ3v) is 7.03. The maximum atomic E-state index is 13.4. The Kier molecular flexibility index (Phi) is 6.60. The van der Waals surface area contributed by atoms with Crippen molar-refractivity contribution >= 4 is 63.4 Å². The predicted molar refractivity (Wildman–Crippen MR) is 141 cm³/mol. The SMILES string of the molecule is CN1C(=S)N(c2ccc(Cl)cc2)C(=O)/C1=C/c1cn(CC(=O)NCC2CCCO2)c2ccccc12. The van der Waals surface area contributed by atoms with E-state index in [0.29, 0.717) is 28.1 Å². The second-order valence-electron chi connectivity index (χ2n) is 8.66. The van der Waals surface area contributed by atoms with Gasteiger partial charge in [0.2, 0.25) is 5.91 Å². The van der Waals surface area contributed by atoms with Gasteiger partial charge >= 0.3 is 0 Å². The van der Waals surface area contributed by atoms with Crippen LogP contribution in [-0.4, -0.2) is 52.7 Å². The molecular formula is C26H25ClN4O3S. The van der Waals surface area contributed by atoms with E-state index >= 15 is 0 Å². The van der Waals surface area contributed by atoms with Crippen LogP contribution in [-0.2, 0) is 20.9 Å². The van der Waals surface area contributed by atoms with Crippen molar-refractivity contribution in [3.63, 3.8) is 0 Å². The number of hydrogen-bond donors (Lipinski definition) is 1. The average Bonchev–Trinajstić information content (AvgIpc) is 3.55. The number of halogens is 1. The third-order valence-electron chi connectivity index (χ3n) is 6.32. The third kappa shape index (κ3) is 4.69. The molecule has 35 heavy (non-hydrogen) atoms. The number of fused-ring (bicyclic) bond motifs is 1. The molecule has 2 aliphatic heterocycles. The fourth-order valence-corrected chi connectivity index (χ4v) is 4.90. The number of benzene rings is 2. The number of rotatable bonds is 6. The quantitative estimate of drug-likeness (QED) is 0.399. The predicted octanol–water partition coefficient (Wildman–Crippen LogP) is 4.19. The summed E-state index contributed by atoms with van der Waals surface area (Å²) in [6, 6.07) is 14.8. The maximum absolute atomic E-state index is 13.4.